The standard InChI is InChI=1S/C18H26BCl2NO3/c1-12(2)18(23)22-8-6-4-5-7-13(3)9-15-16(19(24)25)10-14(20)11-17(15)21/h10-11,13,24-25H,1,4-9H2,2-3H3,(H,22,23). The van der Waals surface area contributed by atoms with E-state index >= 15 is 0 Å². The Morgan fingerprint density at radius 2 is 1.96 bits per heavy atom. The monoisotopic (exact) mass is 385 g/mol. The second kappa shape index (κ2) is 10.9. The van der Waals surface area contributed by atoms with Gasteiger partial charge in [0.15, 0.2) is 0 Å². The number of hydrogen-bond acceptors (Lipinski definition) is 3. The summed E-state index contributed by atoms with van der Waals surface area (Å²) in [6, 6.07) is 3.17. The van der Waals surface area contributed by atoms with Gasteiger partial charge in [-0.05, 0) is 48.8 Å². The predicted molar refractivity (Wildman–Crippen MR) is 105 cm³/mol. The fraction of sp³-hybridized carbons (Fsp3) is 0.500. The minimum Gasteiger partial charge on any atom is -0.423 e. The summed E-state index contributed by atoms with van der Waals surface area (Å²) in [4.78, 5) is 11.4. The summed E-state index contributed by atoms with van der Waals surface area (Å²) >= 11 is 12.2. The van der Waals surface area contributed by atoms with Crippen molar-refractivity contribution in [3.63, 3.8) is 0 Å². The van der Waals surface area contributed by atoms with Crippen molar-refractivity contribution in [2.75, 3.05) is 6.54 Å². The number of halogens is 2. The second-order valence-electron chi connectivity index (χ2n) is 6.52. The van der Waals surface area contributed by atoms with Gasteiger partial charge in [-0.3, -0.25) is 4.79 Å². The Bertz CT molecular complexity index is 608. The van der Waals surface area contributed by atoms with Gasteiger partial charge in [0.25, 0.3) is 0 Å². The predicted octanol–water partition coefficient (Wildman–Crippen LogP) is 3.10. The molecular weight excluding hydrogens is 360 g/mol. The van der Waals surface area contributed by atoms with Crippen LogP contribution in [0.1, 0.15) is 45.1 Å². The average Bonchev–Trinajstić information content (AvgIpc) is 2.52. The number of carbonyl (C=O) groups excluding carboxylic acids is 1. The van der Waals surface area contributed by atoms with Crippen LogP contribution in [0.15, 0.2) is 24.3 Å². The maximum Gasteiger partial charge on any atom is 0.488 e. The number of nitrogens with one attached hydrogen (secondary N) is 1. The molecule has 7 heteroatoms. The zero-order valence-corrected chi connectivity index (χ0v) is 16.3. The van der Waals surface area contributed by atoms with E-state index in [2.05, 4.69) is 18.8 Å². The quantitative estimate of drug-likeness (QED) is 0.329. The molecule has 4 nitrogen and oxygen atoms in total. The SMILES string of the molecule is C=C(C)C(=O)NCCCCCC(C)Cc1c(Cl)cc(Cl)cc1B(O)O. The molecule has 0 aliphatic rings. The molecule has 1 aromatic carbocycles. The highest BCUT2D eigenvalue weighted by molar-refractivity contribution is 6.60. The number of carbonyl (C=O) groups is 1. The van der Waals surface area contributed by atoms with E-state index < -0.39 is 7.12 Å². The van der Waals surface area contributed by atoms with Gasteiger partial charge in [0, 0.05) is 22.2 Å². The van der Waals surface area contributed by atoms with Crippen LogP contribution in [0.4, 0.5) is 0 Å². The molecule has 0 aliphatic heterocycles. The number of amides is 1. The molecule has 1 aromatic rings. The first-order valence-electron chi connectivity index (χ1n) is 8.50. The Labute approximate surface area is 160 Å². The summed E-state index contributed by atoms with van der Waals surface area (Å²) in [5, 5.41) is 22.7. The van der Waals surface area contributed by atoms with Crippen molar-refractivity contribution in [2.24, 2.45) is 5.92 Å². The summed E-state index contributed by atoms with van der Waals surface area (Å²) in [5.74, 6) is 0.252. The smallest absolute Gasteiger partial charge is 0.423 e. The Balaban J connectivity index is 2.41. The average molecular weight is 386 g/mol. The highest BCUT2D eigenvalue weighted by atomic mass is 35.5. The summed E-state index contributed by atoms with van der Waals surface area (Å²) in [7, 11) is -1.59. The van der Waals surface area contributed by atoms with Gasteiger partial charge in [0.1, 0.15) is 0 Å². The van der Waals surface area contributed by atoms with Crippen LogP contribution in [0.3, 0.4) is 0 Å². The topological polar surface area (TPSA) is 69.6 Å². The van der Waals surface area contributed by atoms with Crippen LogP contribution in [-0.4, -0.2) is 29.6 Å². The molecule has 1 atom stereocenters. The lowest BCUT2D eigenvalue weighted by Crippen LogP contribution is -2.34. The molecule has 0 radical (unpaired) electrons. The third-order valence-electron chi connectivity index (χ3n) is 4.07. The minimum atomic E-state index is -1.59. The highest BCUT2D eigenvalue weighted by Gasteiger charge is 2.20. The molecule has 0 aliphatic carbocycles. The number of rotatable bonds is 10. The van der Waals surface area contributed by atoms with Crippen LogP contribution < -0.4 is 10.8 Å². The van der Waals surface area contributed by atoms with Crippen LogP contribution in [0, 0.1) is 5.92 Å². The Morgan fingerprint density at radius 3 is 2.56 bits per heavy atom. The van der Waals surface area contributed by atoms with Crippen molar-refractivity contribution in [3.05, 3.63) is 39.9 Å². The summed E-state index contributed by atoms with van der Waals surface area (Å²) in [6.45, 7) is 8.06. The lowest BCUT2D eigenvalue weighted by molar-refractivity contribution is -0.117. The van der Waals surface area contributed by atoms with Crippen LogP contribution in [0.5, 0.6) is 0 Å². The zero-order chi connectivity index (χ0) is 19.0. The molecular formula is C18H26BCl2NO3. The fourth-order valence-corrected chi connectivity index (χ4v) is 3.25. The number of hydrogen-bond donors (Lipinski definition) is 3. The molecule has 0 fully saturated rings. The van der Waals surface area contributed by atoms with Gasteiger partial charge in [-0.1, -0.05) is 56.0 Å². The molecule has 1 rings (SSSR count). The molecule has 0 saturated carbocycles. The Morgan fingerprint density at radius 1 is 1.28 bits per heavy atom. The van der Waals surface area contributed by atoms with E-state index in [0.29, 0.717) is 40.0 Å². The fourth-order valence-electron chi connectivity index (χ4n) is 2.67. The Hall–Kier alpha value is -1.01. The van der Waals surface area contributed by atoms with E-state index in [1.54, 1.807) is 19.1 Å². The van der Waals surface area contributed by atoms with Crippen LogP contribution in [0.25, 0.3) is 0 Å². The third-order valence-corrected chi connectivity index (χ3v) is 4.63. The maximum atomic E-state index is 11.4. The molecule has 3 N–H and O–H groups in total. The summed E-state index contributed by atoms with van der Waals surface area (Å²) in [5.41, 5.74) is 1.63. The van der Waals surface area contributed by atoms with E-state index in [1.165, 1.54) is 0 Å². The van der Waals surface area contributed by atoms with Crippen LogP contribution in [-0.2, 0) is 11.2 Å². The molecule has 1 amide bonds. The number of unbranched alkanes of at least 4 members (excludes halogenated alkanes) is 2. The normalized spacial score (nSPS) is 11.9. The zero-order valence-electron chi connectivity index (χ0n) is 14.8. The maximum absolute atomic E-state index is 11.4. The van der Waals surface area contributed by atoms with E-state index in [-0.39, 0.29) is 5.91 Å². The molecule has 138 valence electrons. The first kappa shape index (κ1) is 22.0. The Kier molecular flexibility index (Phi) is 9.58. The van der Waals surface area contributed by atoms with Gasteiger partial charge >= 0.3 is 7.12 Å². The van der Waals surface area contributed by atoms with E-state index in [4.69, 9.17) is 23.2 Å². The van der Waals surface area contributed by atoms with Gasteiger partial charge < -0.3 is 15.4 Å². The molecule has 25 heavy (non-hydrogen) atoms. The largest absolute Gasteiger partial charge is 0.488 e. The molecule has 0 saturated heterocycles. The van der Waals surface area contributed by atoms with Gasteiger partial charge in [0.2, 0.25) is 5.91 Å². The summed E-state index contributed by atoms with van der Waals surface area (Å²) in [6.07, 6.45) is 4.63. The molecule has 0 spiro atoms. The molecule has 1 unspecified atom stereocenters. The first-order valence-corrected chi connectivity index (χ1v) is 9.25. The highest BCUT2D eigenvalue weighted by Crippen LogP contribution is 2.24. The molecule has 0 bridgehead atoms. The van der Waals surface area contributed by atoms with Gasteiger partial charge in [-0.15, -0.1) is 0 Å². The van der Waals surface area contributed by atoms with E-state index in [9.17, 15) is 14.8 Å². The van der Waals surface area contributed by atoms with Crippen molar-refractivity contribution in [1.82, 2.24) is 5.32 Å². The van der Waals surface area contributed by atoms with Crippen molar-refractivity contribution < 1.29 is 14.8 Å². The van der Waals surface area contributed by atoms with Crippen LogP contribution in [0.2, 0.25) is 10.0 Å². The number of benzene rings is 1. The van der Waals surface area contributed by atoms with Crippen LogP contribution >= 0.6 is 23.2 Å². The minimum absolute atomic E-state index is 0.0964. The van der Waals surface area contributed by atoms with Crippen molar-refractivity contribution in [1.29, 1.82) is 0 Å². The van der Waals surface area contributed by atoms with Gasteiger partial charge in [-0.2, -0.15) is 0 Å². The van der Waals surface area contributed by atoms with Gasteiger partial charge in [-0.25, -0.2) is 0 Å². The lowest BCUT2D eigenvalue weighted by Gasteiger charge is -2.16. The van der Waals surface area contributed by atoms with Crippen molar-refractivity contribution in [2.45, 2.75) is 46.0 Å². The third kappa shape index (κ3) is 7.82. The van der Waals surface area contributed by atoms with E-state index in [0.717, 1.165) is 31.2 Å². The van der Waals surface area contributed by atoms with Gasteiger partial charge in [0.05, 0.1) is 0 Å². The molecule has 0 aromatic heterocycles. The van der Waals surface area contributed by atoms with Crippen molar-refractivity contribution in [3.8, 4) is 0 Å². The van der Waals surface area contributed by atoms with Crippen molar-refractivity contribution >= 4 is 41.7 Å². The second-order valence-corrected chi connectivity index (χ2v) is 7.37. The molecule has 0 heterocycles. The van der Waals surface area contributed by atoms with E-state index in [1.807, 2.05) is 0 Å². The first-order chi connectivity index (χ1) is 11.7. The lowest BCUT2D eigenvalue weighted by atomic mass is 9.75. The summed E-state index contributed by atoms with van der Waals surface area (Å²) < 4.78 is 0.